The Balaban J connectivity index is 0.000000142. The highest BCUT2D eigenvalue weighted by atomic mass is 15.2. The van der Waals surface area contributed by atoms with Crippen LogP contribution in [-0.2, 0) is 0 Å². The minimum absolute atomic E-state index is 1.10. The highest BCUT2D eigenvalue weighted by molar-refractivity contribution is 6.15. The smallest absolute Gasteiger partial charge is 0.0542 e. The van der Waals surface area contributed by atoms with Crippen molar-refractivity contribution in [1.29, 1.82) is 0 Å². The molecule has 0 aliphatic heterocycles. The lowest BCUT2D eigenvalue weighted by Gasteiger charge is -2.28. The molecule has 22 aromatic rings. The van der Waals surface area contributed by atoms with Crippen molar-refractivity contribution in [3.05, 3.63) is 437 Å². The third kappa shape index (κ3) is 11.3. The summed E-state index contributed by atoms with van der Waals surface area (Å²) >= 11 is 0. The number of hydrogen-bond acceptors (Lipinski definition) is 2. The second kappa shape index (κ2) is 27.7. The first-order valence-corrected chi connectivity index (χ1v) is 38.4. The van der Waals surface area contributed by atoms with Crippen LogP contribution in [0, 0.1) is 0 Å². The van der Waals surface area contributed by atoms with Crippen LogP contribution in [0.1, 0.15) is 0 Å². The zero-order valence-electron chi connectivity index (χ0n) is 61.3. The van der Waals surface area contributed by atoms with Crippen LogP contribution in [0.15, 0.2) is 437 Å². The topological polar surface area (TPSA) is 26.2 Å². The maximum absolute atomic E-state index is 2.42. The van der Waals surface area contributed by atoms with Gasteiger partial charge in [-0.3, -0.25) is 0 Å². The van der Waals surface area contributed by atoms with Crippen LogP contribution in [0.2, 0.25) is 0 Å². The molecule has 22 rings (SSSR count). The lowest BCUT2D eigenvalue weighted by atomic mass is 10.0. The molecule has 0 radical (unpaired) electrons. The second-order valence-electron chi connectivity index (χ2n) is 28.8. The number of para-hydroxylation sites is 10. The van der Waals surface area contributed by atoms with Gasteiger partial charge in [0.05, 0.1) is 55.5 Å². The van der Waals surface area contributed by atoms with Crippen LogP contribution in [0.4, 0.5) is 34.1 Å². The molecule has 18 aromatic carbocycles. The fourth-order valence-electron chi connectivity index (χ4n) is 17.3. The summed E-state index contributed by atoms with van der Waals surface area (Å²) in [5.74, 6) is 0. The summed E-state index contributed by atoms with van der Waals surface area (Å²) < 4.78 is 9.52. The number of nitrogens with zero attached hydrogens (tertiary/aromatic N) is 6. The first-order valence-electron chi connectivity index (χ1n) is 38.4. The first kappa shape index (κ1) is 65.3. The van der Waals surface area contributed by atoms with Crippen LogP contribution < -0.4 is 9.80 Å². The summed E-state index contributed by atoms with van der Waals surface area (Å²) in [6, 6.07) is 158. The fourth-order valence-corrected chi connectivity index (χ4v) is 17.3. The van der Waals surface area contributed by atoms with E-state index in [1.807, 2.05) is 0 Å². The van der Waals surface area contributed by atoms with Crippen molar-refractivity contribution in [1.82, 2.24) is 18.3 Å². The molecule has 0 unspecified atom stereocenters. The van der Waals surface area contributed by atoms with Crippen molar-refractivity contribution in [3.8, 4) is 56.1 Å². The van der Waals surface area contributed by atoms with Crippen molar-refractivity contribution in [2.24, 2.45) is 0 Å². The highest BCUT2D eigenvalue weighted by Crippen LogP contribution is 2.46. The minimum Gasteiger partial charge on any atom is -0.311 e. The molecule has 0 aliphatic rings. The Morgan fingerprint density at radius 2 is 0.393 bits per heavy atom. The zero-order valence-corrected chi connectivity index (χ0v) is 61.3. The van der Waals surface area contributed by atoms with Crippen molar-refractivity contribution in [3.63, 3.8) is 0 Å². The van der Waals surface area contributed by atoms with Gasteiger partial charge in [-0.2, -0.15) is 0 Å². The van der Waals surface area contributed by atoms with E-state index in [9.17, 15) is 0 Å². The van der Waals surface area contributed by atoms with Gasteiger partial charge >= 0.3 is 0 Å². The summed E-state index contributed by atoms with van der Waals surface area (Å²) in [5, 5.41) is 12.5. The molecule has 0 fully saturated rings. The largest absolute Gasteiger partial charge is 0.311 e. The second-order valence-corrected chi connectivity index (χ2v) is 28.8. The maximum atomic E-state index is 2.42. The molecule has 4 heterocycles. The van der Waals surface area contributed by atoms with E-state index in [1.165, 1.54) is 148 Å². The standard InChI is InChI=1S/C54H37N3.C52H35N3/c1-3-13-42(14-4-1)55(44-30-23-38(24-31-44)39-25-34-46(35-26-39)57-51-20-10-7-17-47(51)48-18-8-11-21-52(48)57)45-32-27-40(28-33-45)41-29-36-54-50(37-41)49-19-9-12-22-53(49)56(54)43-15-5-2-6-16-43;1-3-15-38(16-4-1)53(50-33-34-51(44-20-8-7-19-43(44)50)55-48-25-13-9-21-41(48)42-22-10-14-26-49(42)55)40-30-27-36(28-31-40)37-29-32-52-46(35-37)45-23-11-12-24-47(45)54(52)39-17-5-2-6-18-39/h1-37H;1-35H. The van der Waals surface area contributed by atoms with E-state index in [0.29, 0.717) is 0 Å². The fraction of sp³-hybridized carbons (Fsp3) is 0. The molecule has 6 nitrogen and oxygen atoms in total. The number of rotatable bonds is 13. The number of fused-ring (bicyclic) bond motifs is 13. The average molecular weight is 1430 g/mol. The maximum Gasteiger partial charge on any atom is 0.0542 e. The Bertz CT molecular complexity index is 7150. The highest BCUT2D eigenvalue weighted by Gasteiger charge is 2.23. The molecule has 0 amide bonds. The van der Waals surface area contributed by atoms with Crippen molar-refractivity contribution >= 4 is 132 Å². The predicted octanol–water partition coefficient (Wildman–Crippen LogP) is 28.9. The van der Waals surface area contributed by atoms with E-state index in [1.54, 1.807) is 0 Å². The summed E-state index contributed by atoms with van der Waals surface area (Å²) in [4.78, 5) is 4.72. The van der Waals surface area contributed by atoms with Crippen LogP contribution >= 0.6 is 0 Å². The molecular weight excluding hydrogens is 1360 g/mol. The average Bonchev–Trinajstić information content (AvgIpc) is 1.71. The molecule has 112 heavy (non-hydrogen) atoms. The van der Waals surface area contributed by atoms with E-state index >= 15 is 0 Å². The van der Waals surface area contributed by atoms with Gasteiger partial charge in [0.2, 0.25) is 0 Å². The van der Waals surface area contributed by atoms with E-state index in [4.69, 9.17) is 0 Å². The Kier molecular flexibility index (Phi) is 16.1. The Morgan fingerprint density at radius 1 is 0.143 bits per heavy atom. The molecule has 0 N–H and O–H groups in total. The van der Waals surface area contributed by atoms with E-state index in [0.717, 1.165) is 39.8 Å². The summed E-state index contributed by atoms with van der Waals surface area (Å²) in [5.41, 5.74) is 28.2. The first-order chi connectivity index (χ1) is 55.6. The predicted molar refractivity (Wildman–Crippen MR) is 473 cm³/mol. The van der Waals surface area contributed by atoms with Gasteiger partial charge in [-0.05, 0) is 203 Å². The lowest BCUT2D eigenvalue weighted by molar-refractivity contribution is 1.18. The van der Waals surface area contributed by atoms with Gasteiger partial charge in [0.25, 0.3) is 0 Å². The molecule has 4 aromatic heterocycles. The molecular formula is C106H72N6. The zero-order chi connectivity index (χ0) is 74.0. The van der Waals surface area contributed by atoms with Crippen molar-refractivity contribution < 1.29 is 0 Å². The van der Waals surface area contributed by atoms with Crippen molar-refractivity contribution in [2.75, 3.05) is 9.80 Å². The van der Waals surface area contributed by atoms with Gasteiger partial charge in [-0.1, -0.05) is 267 Å². The monoisotopic (exact) mass is 1430 g/mol. The van der Waals surface area contributed by atoms with Gasteiger partial charge in [0.1, 0.15) is 0 Å². The number of aromatic nitrogens is 4. The summed E-state index contributed by atoms with van der Waals surface area (Å²) in [6.45, 7) is 0. The quantitative estimate of drug-likeness (QED) is 0.115. The van der Waals surface area contributed by atoms with E-state index in [2.05, 4.69) is 465 Å². The molecule has 0 bridgehead atoms. The molecule has 0 aliphatic carbocycles. The van der Waals surface area contributed by atoms with Gasteiger partial charge < -0.3 is 28.1 Å². The van der Waals surface area contributed by atoms with Crippen LogP contribution in [-0.4, -0.2) is 18.3 Å². The number of benzene rings is 18. The third-order valence-corrected chi connectivity index (χ3v) is 22.4. The Hall–Kier alpha value is -15.0. The summed E-state index contributed by atoms with van der Waals surface area (Å²) in [6.07, 6.45) is 0. The normalized spacial score (nSPS) is 11.6. The van der Waals surface area contributed by atoms with Crippen molar-refractivity contribution in [2.45, 2.75) is 0 Å². The van der Waals surface area contributed by atoms with E-state index < -0.39 is 0 Å². The van der Waals surface area contributed by atoms with Crippen LogP contribution in [0.25, 0.3) is 154 Å². The van der Waals surface area contributed by atoms with E-state index in [-0.39, 0.29) is 0 Å². The van der Waals surface area contributed by atoms with Gasteiger partial charge in [0.15, 0.2) is 0 Å². The molecule has 0 atom stereocenters. The summed E-state index contributed by atoms with van der Waals surface area (Å²) in [7, 11) is 0. The minimum atomic E-state index is 1.10. The van der Waals surface area contributed by atoms with Crippen LogP contribution in [0.5, 0.6) is 0 Å². The molecule has 0 saturated carbocycles. The van der Waals surface area contributed by atoms with Gasteiger partial charge in [-0.25, -0.2) is 0 Å². The molecule has 0 saturated heterocycles. The van der Waals surface area contributed by atoms with Gasteiger partial charge in [-0.15, -0.1) is 0 Å². The molecule has 6 heteroatoms. The third-order valence-electron chi connectivity index (χ3n) is 22.4. The van der Waals surface area contributed by atoms with Gasteiger partial charge in [0, 0.05) is 99.4 Å². The number of anilines is 6. The molecule has 526 valence electrons. The molecule has 0 spiro atoms. The Labute approximate surface area is 648 Å². The number of hydrogen-bond donors (Lipinski definition) is 0. The SMILES string of the molecule is c1ccc(N(c2ccc(-c3ccc(-n4c5ccccc5c5ccccc54)cc3)cc2)c2ccc(-c3ccc4c(c3)c3ccccc3n4-c3ccccc3)cc2)cc1.c1ccc(N(c2ccc(-c3ccc4c(c3)c3ccccc3n4-c3ccccc3)cc2)c2ccc(-n3c4ccccc4c4ccccc43)c3ccccc23)cc1. The van der Waals surface area contributed by atoms with Crippen LogP contribution in [0.3, 0.4) is 0 Å². The lowest BCUT2D eigenvalue weighted by Crippen LogP contribution is -2.11. The Morgan fingerprint density at radius 3 is 0.777 bits per heavy atom.